The minimum atomic E-state index is -1.65. The molecule has 0 amide bonds. The summed E-state index contributed by atoms with van der Waals surface area (Å²) in [6.45, 7) is 7.31. The van der Waals surface area contributed by atoms with Crippen molar-refractivity contribution >= 4 is 31.2 Å². The highest BCUT2D eigenvalue weighted by Gasteiger charge is 2.46. The lowest BCUT2D eigenvalue weighted by Gasteiger charge is -2.33. The molecule has 29 heavy (non-hydrogen) atoms. The molecule has 0 aliphatic rings. The molecule has 0 atom stereocenters. The van der Waals surface area contributed by atoms with E-state index in [1.807, 2.05) is 0 Å². The molecule has 0 aliphatic carbocycles. The Morgan fingerprint density at radius 1 is 0.552 bits per heavy atom. The maximum atomic E-state index is 2.44. The Hall–Kier alpha value is -1.21. The Bertz CT molecular complexity index is 727. The zero-order valence-corrected chi connectivity index (χ0v) is 21.5. The van der Waals surface area contributed by atoms with E-state index >= 15 is 0 Å². The predicted octanol–water partition coefficient (Wildman–Crippen LogP) is 3.49. The van der Waals surface area contributed by atoms with E-state index in [4.69, 9.17) is 0 Å². The molecule has 154 valence electrons. The van der Waals surface area contributed by atoms with Crippen LogP contribution in [0.1, 0.15) is 20.8 Å². The maximum Gasteiger partial charge on any atom is 0.111 e. The van der Waals surface area contributed by atoms with Crippen molar-refractivity contribution in [2.75, 3.05) is 6.16 Å². The summed E-state index contributed by atoms with van der Waals surface area (Å²) in [6, 6.07) is 39.7. The fourth-order valence-electron chi connectivity index (χ4n) is 4.57. The highest BCUT2D eigenvalue weighted by atomic mass is 79.9. The molecule has 0 saturated heterocycles. The van der Waals surface area contributed by atoms with Gasteiger partial charge >= 0.3 is 0 Å². The summed E-state index contributed by atoms with van der Waals surface area (Å²) in [4.78, 5) is 0. The third-order valence-corrected chi connectivity index (χ3v) is 17.5. The van der Waals surface area contributed by atoms with E-state index in [0.29, 0.717) is 0 Å². The van der Waals surface area contributed by atoms with Crippen LogP contribution in [0.3, 0.4) is 0 Å². The van der Waals surface area contributed by atoms with Gasteiger partial charge < -0.3 is 17.0 Å². The van der Waals surface area contributed by atoms with Gasteiger partial charge in [-0.3, -0.25) is 0 Å². The molecule has 0 aliphatic heterocycles. The highest BCUT2D eigenvalue weighted by Crippen LogP contribution is 2.57. The molecular formula is C26H34BrPSi. The maximum absolute atomic E-state index is 2.44. The number of rotatable bonds is 9. The third-order valence-electron chi connectivity index (χ3n) is 6.82. The Balaban J connectivity index is 0.00000300. The summed E-state index contributed by atoms with van der Waals surface area (Å²) in [5.74, 6) is 0. The third kappa shape index (κ3) is 5.10. The molecule has 0 aromatic heterocycles. The van der Waals surface area contributed by atoms with Crippen molar-refractivity contribution in [3.63, 3.8) is 0 Å². The van der Waals surface area contributed by atoms with Gasteiger partial charge in [-0.2, -0.15) is 0 Å². The van der Waals surface area contributed by atoms with Crippen LogP contribution in [0.2, 0.25) is 24.2 Å². The number of hydrogen-bond acceptors (Lipinski definition) is 0. The summed E-state index contributed by atoms with van der Waals surface area (Å²) in [5.41, 5.74) is 0. The second-order valence-electron chi connectivity index (χ2n) is 7.85. The van der Waals surface area contributed by atoms with E-state index in [9.17, 15) is 0 Å². The van der Waals surface area contributed by atoms with E-state index < -0.39 is 15.3 Å². The molecule has 3 aromatic rings. The first-order chi connectivity index (χ1) is 13.7. The Morgan fingerprint density at radius 2 is 0.862 bits per heavy atom. The van der Waals surface area contributed by atoms with E-state index in [1.165, 1.54) is 46.3 Å². The molecular weight excluding hydrogens is 451 g/mol. The summed E-state index contributed by atoms with van der Waals surface area (Å²) >= 11 is 0. The van der Waals surface area contributed by atoms with Gasteiger partial charge in [0, 0.05) is 0 Å². The molecule has 0 unspecified atom stereocenters. The first-order valence-electron chi connectivity index (χ1n) is 10.8. The average molecular weight is 486 g/mol. The Kier molecular flexibility index (Phi) is 9.34. The molecule has 0 N–H and O–H groups in total. The molecule has 0 saturated carbocycles. The summed E-state index contributed by atoms with van der Waals surface area (Å²) in [5, 5.41) is 4.58. The molecule has 3 aromatic carbocycles. The van der Waals surface area contributed by atoms with Gasteiger partial charge in [0.1, 0.15) is 23.2 Å². The van der Waals surface area contributed by atoms with Crippen LogP contribution in [0.5, 0.6) is 0 Å². The van der Waals surface area contributed by atoms with Gasteiger partial charge in [0.15, 0.2) is 0 Å². The van der Waals surface area contributed by atoms with Gasteiger partial charge in [-0.1, -0.05) is 93.5 Å². The van der Waals surface area contributed by atoms with E-state index in [0.717, 1.165) is 0 Å². The number of hydrogen-bond donors (Lipinski definition) is 0. The van der Waals surface area contributed by atoms with Crippen LogP contribution in [0.25, 0.3) is 0 Å². The first kappa shape index (κ1) is 24.1. The van der Waals surface area contributed by atoms with Gasteiger partial charge in [-0.25, -0.2) is 0 Å². The number of halogens is 1. The smallest absolute Gasteiger partial charge is 0.111 e. The van der Waals surface area contributed by atoms with E-state index in [-0.39, 0.29) is 17.0 Å². The van der Waals surface area contributed by atoms with Crippen molar-refractivity contribution < 1.29 is 17.0 Å². The van der Waals surface area contributed by atoms with Crippen molar-refractivity contribution in [2.45, 2.75) is 44.9 Å². The minimum absolute atomic E-state index is 0. The van der Waals surface area contributed by atoms with Crippen LogP contribution in [0.4, 0.5) is 0 Å². The largest absolute Gasteiger partial charge is 1.00 e. The van der Waals surface area contributed by atoms with Crippen molar-refractivity contribution in [3.8, 4) is 0 Å². The van der Waals surface area contributed by atoms with Crippen LogP contribution in [0.15, 0.2) is 91.0 Å². The fraction of sp³-hybridized carbons (Fsp3) is 0.308. The van der Waals surface area contributed by atoms with Crippen LogP contribution in [-0.4, -0.2) is 14.2 Å². The van der Waals surface area contributed by atoms with Crippen LogP contribution < -0.4 is 32.9 Å². The van der Waals surface area contributed by atoms with E-state index in [1.54, 1.807) is 0 Å². The SMILES string of the molecule is CC[Si](CC)(CC)CC[P+](c1ccccc1)(c1ccccc1)c1ccccc1.[Br-]. The van der Waals surface area contributed by atoms with Crippen molar-refractivity contribution in [1.29, 1.82) is 0 Å². The van der Waals surface area contributed by atoms with Gasteiger partial charge in [-0.05, 0) is 42.4 Å². The Labute approximate surface area is 189 Å². The molecule has 0 spiro atoms. The molecule has 0 heterocycles. The zero-order valence-electron chi connectivity index (χ0n) is 18.0. The van der Waals surface area contributed by atoms with Gasteiger partial charge in [0.25, 0.3) is 0 Å². The molecule has 0 nitrogen and oxygen atoms in total. The molecule has 0 bridgehead atoms. The van der Waals surface area contributed by atoms with Crippen molar-refractivity contribution in [3.05, 3.63) is 91.0 Å². The molecule has 3 heteroatoms. The Morgan fingerprint density at radius 3 is 1.14 bits per heavy atom. The number of benzene rings is 3. The minimum Gasteiger partial charge on any atom is -1.00 e. The molecule has 0 radical (unpaired) electrons. The van der Waals surface area contributed by atoms with Gasteiger partial charge in [0.2, 0.25) is 0 Å². The average Bonchev–Trinajstić information content (AvgIpc) is 2.79. The lowest BCUT2D eigenvalue weighted by atomic mass is 10.4. The van der Waals surface area contributed by atoms with Crippen LogP contribution in [0, 0.1) is 0 Å². The second-order valence-corrected chi connectivity index (χ2v) is 17.1. The monoisotopic (exact) mass is 484 g/mol. The van der Waals surface area contributed by atoms with Crippen molar-refractivity contribution in [2.24, 2.45) is 0 Å². The topological polar surface area (TPSA) is 0 Å². The standard InChI is InChI=1S/C26H34PSi.BrH/c1-4-28(5-2,6-3)23-22-27(24-16-10-7-11-17-24,25-18-12-8-13-19-25)26-20-14-9-15-21-26;/h7-21H,4-6,22-23H2,1-3H3;1H/q+1;/p-1. The molecule has 3 rings (SSSR count). The lowest BCUT2D eigenvalue weighted by molar-refractivity contribution is -0.00000573. The van der Waals surface area contributed by atoms with Gasteiger partial charge in [-0.15, -0.1) is 0 Å². The van der Waals surface area contributed by atoms with Crippen molar-refractivity contribution in [1.82, 2.24) is 0 Å². The lowest BCUT2D eigenvalue weighted by Crippen LogP contribution is -3.00. The fourth-order valence-corrected chi connectivity index (χ4v) is 14.1. The second kappa shape index (κ2) is 11.3. The van der Waals surface area contributed by atoms with E-state index in [2.05, 4.69) is 112 Å². The molecule has 0 fully saturated rings. The highest BCUT2D eigenvalue weighted by molar-refractivity contribution is 7.95. The summed E-state index contributed by atoms with van der Waals surface area (Å²) < 4.78 is 0. The predicted molar refractivity (Wildman–Crippen MR) is 132 cm³/mol. The first-order valence-corrected chi connectivity index (χ1v) is 15.6. The van der Waals surface area contributed by atoms with Crippen LogP contribution >= 0.6 is 7.26 Å². The zero-order chi connectivity index (χ0) is 19.9. The van der Waals surface area contributed by atoms with Crippen LogP contribution in [-0.2, 0) is 0 Å². The summed E-state index contributed by atoms with van der Waals surface area (Å²) in [6.07, 6.45) is 1.30. The summed E-state index contributed by atoms with van der Waals surface area (Å²) in [7, 11) is -2.85. The van der Waals surface area contributed by atoms with Gasteiger partial charge in [0.05, 0.1) is 14.2 Å². The normalized spacial score (nSPS) is 11.7. The quantitative estimate of drug-likeness (QED) is 0.322.